The normalized spacial score (nSPS) is 30.6. The van der Waals surface area contributed by atoms with Crippen molar-refractivity contribution in [2.45, 2.75) is 18.5 Å². The van der Waals surface area contributed by atoms with E-state index in [1.165, 1.54) is 0 Å². The van der Waals surface area contributed by atoms with E-state index < -0.39 is 0 Å². The van der Waals surface area contributed by atoms with Crippen LogP contribution < -0.4 is 10.6 Å². The maximum atomic E-state index is 11.8. The molecule has 0 spiro atoms. The molecule has 2 amide bonds. The molecule has 2 unspecified atom stereocenters. The predicted molar refractivity (Wildman–Crippen MR) is 56.8 cm³/mol. The minimum atomic E-state index is -0.360. The molecule has 2 atom stereocenters. The van der Waals surface area contributed by atoms with Crippen molar-refractivity contribution in [1.29, 1.82) is 0 Å². The van der Waals surface area contributed by atoms with Crippen LogP contribution in [0.25, 0.3) is 0 Å². The molecule has 0 bridgehead atoms. The zero-order chi connectivity index (χ0) is 11.5. The van der Waals surface area contributed by atoms with Crippen LogP contribution in [0, 0.1) is 0 Å². The summed E-state index contributed by atoms with van der Waals surface area (Å²) in [6.45, 7) is 2.40. The van der Waals surface area contributed by atoms with Gasteiger partial charge < -0.3 is 20.3 Å². The summed E-state index contributed by atoms with van der Waals surface area (Å²) < 4.78 is 5.20. The number of amides is 2. The van der Waals surface area contributed by atoms with Gasteiger partial charge in [0.1, 0.15) is 12.1 Å². The number of carbonyl (C=O) groups excluding carboxylic acids is 2. The summed E-state index contributed by atoms with van der Waals surface area (Å²) in [6, 6.07) is -0.686. The Morgan fingerprint density at radius 2 is 2.44 bits per heavy atom. The number of morpholine rings is 1. The maximum Gasteiger partial charge on any atom is 0.244 e. The quantitative estimate of drug-likeness (QED) is 0.591. The van der Waals surface area contributed by atoms with Crippen molar-refractivity contribution >= 4 is 11.8 Å². The number of likely N-dealkylation sites (tertiary alicyclic amines) is 1. The van der Waals surface area contributed by atoms with Crippen LogP contribution in [-0.2, 0) is 14.3 Å². The number of hydrogen-bond acceptors (Lipinski definition) is 4. The Kier molecular flexibility index (Phi) is 3.40. The molecule has 6 heteroatoms. The number of hydrogen-bond donors (Lipinski definition) is 2. The molecule has 0 aromatic carbocycles. The van der Waals surface area contributed by atoms with E-state index in [4.69, 9.17) is 4.74 Å². The lowest BCUT2D eigenvalue weighted by Crippen LogP contribution is -2.54. The number of nitrogens with one attached hydrogen (secondary N) is 2. The SMILES string of the molecule is CN1CCC(NC(=O)C2COCCN2)C1=O. The van der Waals surface area contributed by atoms with Gasteiger partial charge in [0.15, 0.2) is 0 Å². The van der Waals surface area contributed by atoms with Crippen LogP contribution in [0.5, 0.6) is 0 Å². The fraction of sp³-hybridized carbons (Fsp3) is 0.800. The molecular formula is C10H17N3O3. The predicted octanol–water partition coefficient (Wildman–Crippen LogP) is -1.68. The Morgan fingerprint density at radius 3 is 3.00 bits per heavy atom. The van der Waals surface area contributed by atoms with Gasteiger partial charge in [-0.15, -0.1) is 0 Å². The van der Waals surface area contributed by atoms with Crippen LogP contribution in [0.1, 0.15) is 6.42 Å². The molecule has 2 aliphatic heterocycles. The molecule has 2 aliphatic rings. The molecule has 0 aromatic rings. The van der Waals surface area contributed by atoms with E-state index in [-0.39, 0.29) is 23.9 Å². The molecular weight excluding hydrogens is 210 g/mol. The van der Waals surface area contributed by atoms with Crippen molar-refractivity contribution in [1.82, 2.24) is 15.5 Å². The van der Waals surface area contributed by atoms with Gasteiger partial charge in [0.05, 0.1) is 13.2 Å². The fourth-order valence-electron chi connectivity index (χ4n) is 1.96. The summed E-state index contributed by atoms with van der Waals surface area (Å²) in [5, 5.41) is 5.81. The van der Waals surface area contributed by atoms with Gasteiger partial charge in [-0.2, -0.15) is 0 Å². The van der Waals surface area contributed by atoms with Crippen molar-refractivity contribution in [3.05, 3.63) is 0 Å². The lowest BCUT2D eigenvalue weighted by molar-refractivity contribution is -0.133. The van der Waals surface area contributed by atoms with Crippen LogP contribution >= 0.6 is 0 Å². The van der Waals surface area contributed by atoms with Gasteiger partial charge in [-0.05, 0) is 6.42 Å². The number of nitrogens with zero attached hydrogens (tertiary/aromatic N) is 1. The highest BCUT2D eigenvalue weighted by Gasteiger charge is 2.32. The highest BCUT2D eigenvalue weighted by Crippen LogP contribution is 2.08. The molecule has 2 saturated heterocycles. The van der Waals surface area contributed by atoms with E-state index in [2.05, 4.69) is 10.6 Å². The summed E-state index contributed by atoms with van der Waals surface area (Å²) in [5.74, 6) is -0.154. The second-order valence-electron chi connectivity index (χ2n) is 4.19. The van der Waals surface area contributed by atoms with Crippen LogP contribution in [0.3, 0.4) is 0 Å². The Balaban J connectivity index is 1.84. The van der Waals surface area contributed by atoms with Gasteiger partial charge in [-0.1, -0.05) is 0 Å². The van der Waals surface area contributed by atoms with E-state index in [1.807, 2.05) is 0 Å². The lowest BCUT2D eigenvalue weighted by Gasteiger charge is -2.24. The third-order valence-corrected chi connectivity index (χ3v) is 2.98. The molecule has 0 radical (unpaired) electrons. The first-order valence-corrected chi connectivity index (χ1v) is 5.55. The zero-order valence-electron chi connectivity index (χ0n) is 9.36. The third-order valence-electron chi connectivity index (χ3n) is 2.98. The standard InChI is InChI=1S/C10H17N3O3/c1-13-4-2-7(10(13)15)12-9(14)8-6-16-5-3-11-8/h7-8,11H,2-6H2,1H3,(H,12,14). The van der Waals surface area contributed by atoms with E-state index in [0.717, 1.165) is 0 Å². The minimum absolute atomic E-state index is 0.00919. The Hall–Kier alpha value is -1.14. The highest BCUT2D eigenvalue weighted by atomic mass is 16.5. The van der Waals surface area contributed by atoms with Gasteiger partial charge in [0.25, 0.3) is 0 Å². The van der Waals surface area contributed by atoms with Crippen molar-refractivity contribution in [2.75, 3.05) is 33.4 Å². The number of rotatable bonds is 2. The van der Waals surface area contributed by atoms with Crippen molar-refractivity contribution in [3.8, 4) is 0 Å². The molecule has 90 valence electrons. The Morgan fingerprint density at radius 1 is 1.62 bits per heavy atom. The van der Waals surface area contributed by atoms with Crippen molar-refractivity contribution < 1.29 is 14.3 Å². The second kappa shape index (κ2) is 4.80. The topological polar surface area (TPSA) is 70.7 Å². The summed E-state index contributed by atoms with van der Waals surface area (Å²) >= 11 is 0. The summed E-state index contributed by atoms with van der Waals surface area (Å²) in [5.41, 5.74) is 0. The lowest BCUT2D eigenvalue weighted by atomic mass is 10.2. The molecule has 16 heavy (non-hydrogen) atoms. The highest BCUT2D eigenvalue weighted by molar-refractivity contribution is 5.90. The average molecular weight is 227 g/mol. The van der Waals surface area contributed by atoms with Crippen molar-refractivity contribution in [3.63, 3.8) is 0 Å². The van der Waals surface area contributed by atoms with Crippen LogP contribution in [0.2, 0.25) is 0 Å². The molecule has 0 saturated carbocycles. The Labute approximate surface area is 94.3 Å². The fourth-order valence-corrected chi connectivity index (χ4v) is 1.96. The van der Waals surface area contributed by atoms with Crippen LogP contribution in [0.15, 0.2) is 0 Å². The number of ether oxygens (including phenoxy) is 1. The maximum absolute atomic E-state index is 11.8. The number of carbonyl (C=O) groups is 2. The van der Waals surface area contributed by atoms with Crippen LogP contribution in [0.4, 0.5) is 0 Å². The first-order valence-electron chi connectivity index (χ1n) is 5.55. The molecule has 2 N–H and O–H groups in total. The van der Waals surface area contributed by atoms with Gasteiger partial charge in [-0.3, -0.25) is 9.59 Å². The van der Waals surface area contributed by atoms with Gasteiger partial charge in [-0.25, -0.2) is 0 Å². The second-order valence-corrected chi connectivity index (χ2v) is 4.19. The third kappa shape index (κ3) is 2.33. The number of likely N-dealkylation sites (N-methyl/N-ethyl adjacent to an activating group) is 1. The first-order chi connectivity index (χ1) is 7.68. The molecule has 2 heterocycles. The molecule has 0 aromatic heterocycles. The molecule has 0 aliphatic carbocycles. The molecule has 2 rings (SSSR count). The van der Waals surface area contributed by atoms with E-state index >= 15 is 0 Å². The Bertz CT molecular complexity index is 289. The van der Waals surface area contributed by atoms with Crippen molar-refractivity contribution in [2.24, 2.45) is 0 Å². The average Bonchev–Trinajstić information content (AvgIpc) is 2.62. The summed E-state index contributed by atoms with van der Waals surface area (Å²) in [4.78, 5) is 25.0. The monoisotopic (exact) mass is 227 g/mol. The minimum Gasteiger partial charge on any atom is -0.378 e. The van der Waals surface area contributed by atoms with E-state index in [9.17, 15) is 9.59 Å². The summed E-state index contributed by atoms with van der Waals surface area (Å²) in [7, 11) is 1.75. The first kappa shape index (κ1) is 11.3. The van der Waals surface area contributed by atoms with Crippen LogP contribution in [-0.4, -0.2) is 62.1 Å². The van der Waals surface area contributed by atoms with Gasteiger partial charge in [0.2, 0.25) is 11.8 Å². The van der Waals surface area contributed by atoms with E-state index in [1.54, 1.807) is 11.9 Å². The zero-order valence-corrected chi connectivity index (χ0v) is 9.36. The summed E-state index contributed by atoms with van der Waals surface area (Å²) in [6.07, 6.45) is 0.689. The molecule has 6 nitrogen and oxygen atoms in total. The smallest absolute Gasteiger partial charge is 0.244 e. The van der Waals surface area contributed by atoms with E-state index in [0.29, 0.717) is 32.7 Å². The van der Waals surface area contributed by atoms with Gasteiger partial charge in [0, 0.05) is 20.1 Å². The molecule has 2 fully saturated rings. The van der Waals surface area contributed by atoms with Gasteiger partial charge >= 0.3 is 0 Å². The largest absolute Gasteiger partial charge is 0.378 e.